The first-order valence-electron chi connectivity index (χ1n) is 7.19. The number of ether oxygens (including phenoxy) is 2. The number of rotatable bonds is 4. The van der Waals surface area contributed by atoms with Crippen LogP contribution in [0, 0.1) is 10.1 Å². The van der Waals surface area contributed by atoms with Crippen molar-refractivity contribution in [3.8, 4) is 11.5 Å². The maximum atomic E-state index is 11.2. The Hall–Kier alpha value is -2.77. The first-order valence-corrected chi connectivity index (χ1v) is 7.19. The van der Waals surface area contributed by atoms with Crippen molar-refractivity contribution in [2.75, 3.05) is 25.7 Å². The molecular formula is C15H18N4O4. The van der Waals surface area contributed by atoms with Crippen molar-refractivity contribution in [3.63, 3.8) is 0 Å². The third-order valence-corrected chi connectivity index (χ3v) is 4.08. The zero-order valence-electron chi connectivity index (χ0n) is 13.3. The normalized spacial score (nSPS) is 13.6. The van der Waals surface area contributed by atoms with Crippen LogP contribution in [0.15, 0.2) is 18.5 Å². The molecule has 0 spiro atoms. The van der Waals surface area contributed by atoms with Gasteiger partial charge >= 0.3 is 5.82 Å². The lowest BCUT2D eigenvalue weighted by molar-refractivity contribution is -0.388. The summed E-state index contributed by atoms with van der Waals surface area (Å²) in [7, 11) is 4.97. The summed E-state index contributed by atoms with van der Waals surface area (Å²) < 4.78 is 12.4. The van der Waals surface area contributed by atoms with Gasteiger partial charge in [-0.1, -0.05) is 0 Å². The van der Waals surface area contributed by atoms with Gasteiger partial charge in [0.15, 0.2) is 11.5 Å². The summed E-state index contributed by atoms with van der Waals surface area (Å²) in [5, 5.41) is 11.2. The third kappa shape index (κ3) is 2.56. The van der Waals surface area contributed by atoms with Gasteiger partial charge in [-0.15, -0.1) is 0 Å². The van der Waals surface area contributed by atoms with Crippen LogP contribution in [-0.4, -0.2) is 35.2 Å². The Morgan fingerprint density at radius 3 is 2.48 bits per heavy atom. The maximum absolute atomic E-state index is 11.2. The first kappa shape index (κ1) is 15.1. The highest BCUT2D eigenvalue weighted by Crippen LogP contribution is 2.36. The second-order valence-corrected chi connectivity index (χ2v) is 5.41. The molecule has 0 unspecified atom stereocenters. The van der Waals surface area contributed by atoms with Crippen molar-refractivity contribution < 1.29 is 14.4 Å². The van der Waals surface area contributed by atoms with Crippen molar-refractivity contribution in [1.82, 2.24) is 9.55 Å². The SMILES string of the molecule is COc1cc2c(cc1OC)CN(c1c([N+](=O)[O-])ncn1C)CC2. The Morgan fingerprint density at radius 2 is 1.87 bits per heavy atom. The molecule has 0 saturated carbocycles. The molecule has 122 valence electrons. The molecule has 0 radical (unpaired) electrons. The zero-order chi connectivity index (χ0) is 16.6. The van der Waals surface area contributed by atoms with Crippen molar-refractivity contribution in [3.05, 3.63) is 39.7 Å². The molecule has 2 heterocycles. The second kappa shape index (κ2) is 5.79. The number of imidazole rings is 1. The van der Waals surface area contributed by atoms with Crippen LogP contribution in [0.4, 0.5) is 11.6 Å². The van der Waals surface area contributed by atoms with Crippen molar-refractivity contribution in [2.24, 2.45) is 7.05 Å². The molecule has 0 atom stereocenters. The van der Waals surface area contributed by atoms with Gasteiger partial charge in [0.1, 0.15) is 0 Å². The lowest BCUT2D eigenvalue weighted by atomic mass is 9.99. The van der Waals surface area contributed by atoms with E-state index in [0.29, 0.717) is 30.4 Å². The van der Waals surface area contributed by atoms with E-state index in [2.05, 4.69) is 4.98 Å². The van der Waals surface area contributed by atoms with E-state index in [0.717, 1.165) is 12.0 Å². The number of benzene rings is 1. The van der Waals surface area contributed by atoms with Gasteiger partial charge in [0.05, 0.1) is 14.2 Å². The molecule has 0 amide bonds. The molecule has 8 nitrogen and oxygen atoms in total. The van der Waals surface area contributed by atoms with Crippen molar-refractivity contribution in [2.45, 2.75) is 13.0 Å². The van der Waals surface area contributed by atoms with Gasteiger partial charge in [-0.05, 0) is 39.6 Å². The highest BCUT2D eigenvalue weighted by Gasteiger charge is 2.28. The van der Waals surface area contributed by atoms with E-state index in [9.17, 15) is 10.1 Å². The predicted molar refractivity (Wildman–Crippen MR) is 84.2 cm³/mol. The van der Waals surface area contributed by atoms with Crippen LogP contribution in [0.25, 0.3) is 0 Å². The van der Waals surface area contributed by atoms with E-state index < -0.39 is 4.92 Å². The smallest absolute Gasteiger partial charge is 0.406 e. The molecule has 1 aromatic carbocycles. The minimum atomic E-state index is -0.445. The number of nitrogens with zero attached hydrogens (tertiary/aromatic N) is 4. The number of anilines is 1. The Kier molecular flexibility index (Phi) is 3.81. The molecule has 0 saturated heterocycles. The number of aryl methyl sites for hydroxylation is 1. The summed E-state index contributed by atoms with van der Waals surface area (Å²) in [6.45, 7) is 1.25. The number of hydrogen-bond donors (Lipinski definition) is 0. The van der Waals surface area contributed by atoms with Gasteiger partial charge in [-0.2, -0.15) is 0 Å². The van der Waals surface area contributed by atoms with Crippen LogP contribution < -0.4 is 14.4 Å². The lowest BCUT2D eigenvalue weighted by Gasteiger charge is -2.30. The highest BCUT2D eigenvalue weighted by atomic mass is 16.6. The molecule has 3 rings (SSSR count). The van der Waals surface area contributed by atoms with E-state index in [1.165, 1.54) is 11.9 Å². The molecule has 2 aromatic rings. The highest BCUT2D eigenvalue weighted by molar-refractivity contribution is 5.58. The third-order valence-electron chi connectivity index (χ3n) is 4.08. The summed E-state index contributed by atoms with van der Waals surface area (Å²) >= 11 is 0. The van der Waals surface area contributed by atoms with Gasteiger partial charge in [0, 0.05) is 20.1 Å². The molecule has 8 heteroatoms. The number of nitro groups is 1. The number of fused-ring (bicyclic) bond motifs is 1. The number of methoxy groups -OCH3 is 2. The monoisotopic (exact) mass is 318 g/mol. The van der Waals surface area contributed by atoms with E-state index in [1.54, 1.807) is 25.8 Å². The first-order chi connectivity index (χ1) is 11.0. The zero-order valence-corrected chi connectivity index (χ0v) is 13.3. The van der Waals surface area contributed by atoms with Crippen LogP contribution in [0.3, 0.4) is 0 Å². The molecule has 0 aliphatic carbocycles. The Morgan fingerprint density at radius 1 is 1.22 bits per heavy atom. The average molecular weight is 318 g/mol. The largest absolute Gasteiger partial charge is 0.493 e. The topological polar surface area (TPSA) is 82.7 Å². The minimum Gasteiger partial charge on any atom is -0.493 e. The quantitative estimate of drug-likeness (QED) is 0.632. The van der Waals surface area contributed by atoms with Crippen LogP contribution in [0.1, 0.15) is 11.1 Å². The molecule has 0 bridgehead atoms. The predicted octanol–water partition coefficient (Wildman–Crippen LogP) is 1.91. The molecule has 0 fully saturated rings. The van der Waals surface area contributed by atoms with Gasteiger partial charge in [0.2, 0.25) is 12.1 Å². The van der Waals surface area contributed by atoms with Gasteiger partial charge in [-0.25, -0.2) is 0 Å². The summed E-state index contributed by atoms with van der Waals surface area (Å²) in [6.07, 6.45) is 2.25. The summed E-state index contributed by atoms with van der Waals surface area (Å²) in [6, 6.07) is 3.91. The Balaban J connectivity index is 1.97. The van der Waals surface area contributed by atoms with E-state index in [1.807, 2.05) is 17.0 Å². The van der Waals surface area contributed by atoms with Crippen LogP contribution in [0.2, 0.25) is 0 Å². The fourth-order valence-electron chi connectivity index (χ4n) is 2.97. The Labute approximate surface area is 133 Å². The second-order valence-electron chi connectivity index (χ2n) is 5.41. The average Bonchev–Trinajstić information content (AvgIpc) is 2.94. The fourth-order valence-corrected chi connectivity index (χ4v) is 2.97. The van der Waals surface area contributed by atoms with Crippen LogP contribution in [0.5, 0.6) is 11.5 Å². The molecule has 1 aliphatic heterocycles. The lowest BCUT2D eigenvalue weighted by Crippen LogP contribution is -2.32. The van der Waals surface area contributed by atoms with E-state index in [-0.39, 0.29) is 5.82 Å². The maximum Gasteiger partial charge on any atom is 0.406 e. The minimum absolute atomic E-state index is 0.114. The van der Waals surface area contributed by atoms with E-state index >= 15 is 0 Å². The Bertz CT molecular complexity index is 756. The fraction of sp³-hybridized carbons (Fsp3) is 0.400. The number of aromatic nitrogens is 2. The van der Waals surface area contributed by atoms with Gasteiger partial charge in [0.25, 0.3) is 0 Å². The summed E-state index contributed by atoms with van der Waals surface area (Å²) in [5.74, 6) is 1.77. The van der Waals surface area contributed by atoms with Crippen LogP contribution >= 0.6 is 0 Å². The van der Waals surface area contributed by atoms with Gasteiger partial charge in [-0.3, -0.25) is 4.57 Å². The molecule has 1 aliphatic rings. The van der Waals surface area contributed by atoms with E-state index in [4.69, 9.17) is 9.47 Å². The summed E-state index contributed by atoms with van der Waals surface area (Å²) in [5.41, 5.74) is 2.24. The van der Waals surface area contributed by atoms with Gasteiger partial charge < -0.3 is 24.5 Å². The molecule has 23 heavy (non-hydrogen) atoms. The summed E-state index contributed by atoms with van der Waals surface area (Å²) in [4.78, 5) is 16.6. The van der Waals surface area contributed by atoms with Crippen molar-refractivity contribution in [1.29, 1.82) is 0 Å². The molecule has 0 N–H and O–H groups in total. The van der Waals surface area contributed by atoms with Crippen LogP contribution in [-0.2, 0) is 20.0 Å². The van der Waals surface area contributed by atoms with Crippen molar-refractivity contribution >= 4 is 11.6 Å². The molecular weight excluding hydrogens is 300 g/mol. The number of hydrogen-bond acceptors (Lipinski definition) is 6. The molecule has 1 aromatic heterocycles. The standard InChI is InChI=1S/C15H18N4O4/c1-17-9-16-14(19(20)21)15(17)18-5-4-10-6-12(22-2)13(23-3)7-11(10)8-18/h6-7,9H,4-5,8H2,1-3H3.